The van der Waals surface area contributed by atoms with E-state index in [1.165, 1.54) is 5.56 Å². The molecule has 0 saturated carbocycles. The molecule has 2 aromatic rings. The lowest BCUT2D eigenvalue weighted by atomic mass is 10.0. The molecule has 0 atom stereocenters. The average Bonchev–Trinajstić information content (AvgIpc) is 2.28. The van der Waals surface area contributed by atoms with Crippen LogP contribution < -0.4 is 11.4 Å². The SMILES string of the molecule is CCc1ccc(-c2c(N)nc(=O)[nH]c2C)cc1. The van der Waals surface area contributed by atoms with Gasteiger partial charge in [-0.15, -0.1) is 0 Å². The van der Waals surface area contributed by atoms with Crippen LogP contribution in [0, 0.1) is 6.92 Å². The largest absolute Gasteiger partial charge is 0.383 e. The number of rotatable bonds is 2. The minimum absolute atomic E-state index is 0.274. The number of aromatic amines is 1. The van der Waals surface area contributed by atoms with Gasteiger partial charge in [0.1, 0.15) is 5.82 Å². The van der Waals surface area contributed by atoms with E-state index in [0.717, 1.165) is 23.2 Å². The standard InChI is InChI=1S/C13H15N3O/c1-3-9-4-6-10(7-5-9)11-8(2)15-13(17)16-12(11)14/h4-7H,3H2,1-2H3,(H3,14,15,16,17). The Morgan fingerprint density at radius 3 is 2.47 bits per heavy atom. The Hall–Kier alpha value is -2.10. The number of aromatic nitrogens is 2. The van der Waals surface area contributed by atoms with Crippen LogP contribution in [0.3, 0.4) is 0 Å². The lowest BCUT2D eigenvalue weighted by Crippen LogP contribution is -2.15. The molecule has 0 saturated heterocycles. The first-order chi connectivity index (χ1) is 8.11. The Morgan fingerprint density at radius 1 is 1.29 bits per heavy atom. The number of hydrogen-bond acceptors (Lipinski definition) is 3. The fraction of sp³-hybridized carbons (Fsp3) is 0.231. The molecule has 17 heavy (non-hydrogen) atoms. The summed E-state index contributed by atoms with van der Waals surface area (Å²) in [5.41, 5.74) is 9.17. The lowest BCUT2D eigenvalue weighted by Gasteiger charge is -2.08. The maximum atomic E-state index is 11.1. The number of aryl methyl sites for hydroxylation is 2. The topological polar surface area (TPSA) is 71.8 Å². The summed E-state index contributed by atoms with van der Waals surface area (Å²) in [6, 6.07) is 8.10. The van der Waals surface area contributed by atoms with Gasteiger partial charge in [-0.25, -0.2) is 4.79 Å². The zero-order chi connectivity index (χ0) is 12.4. The van der Waals surface area contributed by atoms with Crippen LogP contribution in [-0.4, -0.2) is 9.97 Å². The van der Waals surface area contributed by atoms with Crippen LogP contribution in [0.4, 0.5) is 5.82 Å². The van der Waals surface area contributed by atoms with Gasteiger partial charge < -0.3 is 10.7 Å². The third-order valence-corrected chi connectivity index (χ3v) is 2.80. The monoisotopic (exact) mass is 229 g/mol. The van der Waals surface area contributed by atoms with Crippen molar-refractivity contribution in [1.29, 1.82) is 0 Å². The molecule has 4 heteroatoms. The molecule has 3 N–H and O–H groups in total. The molecule has 0 amide bonds. The second-order valence-electron chi connectivity index (χ2n) is 3.98. The van der Waals surface area contributed by atoms with Crippen LogP contribution in [0.15, 0.2) is 29.1 Å². The van der Waals surface area contributed by atoms with Crippen molar-refractivity contribution in [2.45, 2.75) is 20.3 Å². The van der Waals surface area contributed by atoms with E-state index >= 15 is 0 Å². The second-order valence-corrected chi connectivity index (χ2v) is 3.98. The zero-order valence-corrected chi connectivity index (χ0v) is 9.95. The van der Waals surface area contributed by atoms with Gasteiger partial charge in [0.15, 0.2) is 0 Å². The molecular formula is C13H15N3O. The third-order valence-electron chi connectivity index (χ3n) is 2.80. The molecule has 0 spiro atoms. The molecule has 0 bridgehead atoms. The van der Waals surface area contributed by atoms with Gasteiger partial charge in [-0.3, -0.25) is 0 Å². The maximum absolute atomic E-state index is 11.1. The predicted molar refractivity (Wildman–Crippen MR) is 68.8 cm³/mol. The Labute approximate surface area is 99.5 Å². The van der Waals surface area contributed by atoms with E-state index in [9.17, 15) is 4.79 Å². The van der Waals surface area contributed by atoms with Crippen molar-refractivity contribution in [3.8, 4) is 11.1 Å². The molecule has 0 aliphatic carbocycles. The van der Waals surface area contributed by atoms with Gasteiger partial charge in [0.25, 0.3) is 0 Å². The Kier molecular flexibility index (Phi) is 2.95. The highest BCUT2D eigenvalue weighted by Crippen LogP contribution is 2.25. The smallest absolute Gasteiger partial charge is 0.347 e. The molecule has 88 valence electrons. The number of nitrogens with two attached hydrogens (primary N) is 1. The Bertz CT molecular complexity index is 558. The van der Waals surface area contributed by atoms with Crippen molar-refractivity contribution in [2.75, 3.05) is 5.73 Å². The van der Waals surface area contributed by atoms with Gasteiger partial charge in [-0.1, -0.05) is 31.2 Å². The highest BCUT2D eigenvalue weighted by atomic mass is 16.1. The molecule has 0 fully saturated rings. The van der Waals surface area contributed by atoms with Gasteiger partial charge in [-0.05, 0) is 24.5 Å². The highest BCUT2D eigenvalue weighted by molar-refractivity contribution is 5.75. The van der Waals surface area contributed by atoms with Crippen molar-refractivity contribution in [3.63, 3.8) is 0 Å². The summed E-state index contributed by atoms with van der Waals surface area (Å²) in [6.07, 6.45) is 0.999. The number of H-pyrrole nitrogens is 1. The lowest BCUT2D eigenvalue weighted by molar-refractivity contribution is 1.04. The summed E-state index contributed by atoms with van der Waals surface area (Å²) in [7, 11) is 0. The van der Waals surface area contributed by atoms with E-state index in [4.69, 9.17) is 5.73 Å². The van der Waals surface area contributed by atoms with Crippen LogP contribution >= 0.6 is 0 Å². The number of nitrogens with one attached hydrogen (secondary N) is 1. The fourth-order valence-corrected chi connectivity index (χ4v) is 1.88. The average molecular weight is 229 g/mol. The minimum atomic E-state index is -0.408. The van der Waals surface area contributed by atoms with Crippen LogP contribution in [0.2, 0.25) is 0 Å². The number of benzene rings is 1. The normalized spacial score (nSPS) is 10.5. The molecule has 1 heterocycles. The van der Waals surface area contributed by atoms with Gasteiger partial charge in [0, 0.05) is 11.3 Å². The first-order valence-electron chi connectivity index (χ1n) is 5.57. The van der Waals surface area contributed by atoms with Gasteiger partial charge in [0.2, 0.25) is 0 Å². The molecule has 1 aromatic carbocycles. The van der Waals surface area contributed by atoms with E-state index < -0.39 is 5.69 Å². The molecular weight excluding hydrogens is 214 g/mol. The van der Waals surface area contributed by atoms with Crippen molar-refractivity contribution in [3.05, 3.63) is 46.0 Å². The van der Waals surface area contributed by atoms with E-state index in [2.05, 4.69) is 29.0 Å². The molecule has 2 rings (SSSR count). The van der Waals surface area contributed by atoms with E-state index in [1.54, 1.807) is 0 Å². The number of nitrogen functional groups attached to an aromatic ring is 1. The van der Waals surface area contributed by atoms with Crippen molar-refractivity contribution in [1.82, 2.24) is 9.97 Å². The highest BCUT2D eigenvalue weighted by Gasteiger charge is 2.08. The molecule has 4 nitrogen and oxygen atoms in total. The molecule has 0 aliphatic rings. The van der Waals surface area contributed by atoms with Crippen LogP contribution in [0.1, 0.15) is 18.2 Å². The summed E-state index contributed by atoms with van der Waals surface area (Å²) in [5, 5.41) is 0. The predicted octanol–water partition coefficient (Wildman–Crippen LogP) is 1.89. The van der Waals surface area contributed by atoms with Crippen molar-refractivity contribution in [2.24, 2.45) is 0 Å². The third kappa shape index (κ3) is 2.20. The summed E-state index contributed by atoms with van der Waals surface area (Å²) in [5.74, 6) is 0.274. The van der Waals surface area contributed by atoms with Crippen LogP contribution in [0.25, 0.3) is 11.1 Å². The number of hydrogen-bond donors (Lipinski definition) is 2. The van der Waals surface area contributed by atoms with Gasteiger partial charge >= 0.3 is 5.69 Å². The summed E-state index contributed by atoms with van der Waals surface area (Å²) >= 11 is 0. The molecule has 0 aliphatic heterocycles. The molecule has 1 aromatic heterocycles. The maximum Gasteiger partial charge on any atom is 0.347 e. The van der Waals surface area contributed by atoms with E-state index in [1.807, 2.05) is 19.1 Å². The van der Waals surface area contributed by atoms with Crippen LogP contribution in [0.5, 0.6) is 0 Å². The van der Waals surface area contributed by atoms with Crippen LogP contribution in [-0.2, 0) is 6.42 Å². The summed E-state index contributed by atoms with van der Waals surface area (Å²) in [4.78, 5) is 17.5. The van der Waals surface area contributed by atoms with Gasteiger partial charge in [0.05, 0.1) is 0 Å². The number of anilines is 1. The molecule has 0 unspecified atom stereocenters. The minimum Gasteiger partial charge on any atom is -0.383 e. The first-order valence-corrected chi connectivity index (χ1v) is 5.57. The summed E-state index contributed by atoms with van der Waals surface area (Å²) < 4.78 is 0. The quantitative estimate of drug-likeness (QED) is 0.826. The van der Waals surface area contributed by atoms with Crippen molar-refractivity contribution >= 4 is 5.82 Å². The Morgan fingerprint density at radius 2 is 1.94 bits per heavy atom. The second kappa shape index (κ2) is 4.41. The van der Waals surface area contributed by atoms with Crippen molar-refractivity contribution < 1.29 is 0 Å². The zero-order valence-electron chi connectivity index (χ0n) is 9.95. The molecule has 0 radical (unpaired) electrons. The first kappa shape index (κ1) is 11.4. The van der Waals surface area contributed by atoms with Gasteiger partial charge in [-0.2, -0.15) is 4.98 Å². The summed E-state index contributed by atoms with van der Waals surface area (Å²) in [6.45, 7) is 3.93. The van der Waals surface area contributed by atoms with E-state index in [-0.39, 0.29) is 5.82 Å². The number of nitrogens with zero attached hydrogens (tertiary/aromatic N) is 1. The van der Waals surface area contributed by atoms with E-state index in [0.29, 0.717) is 0 Å². The Balaban J connectivity index is 2.56. The fourth-order valence-electron chi connectivity index (χ4n) is 1.88.